The molecule has 0 saturated carbocycles. The van der Waals surface area contributed by atoms with Gasteiger partial charge in [-0.25, -0.2) is 0 Å². The standard InChI is InChI=1S/C21H18N2O2S/c24-20(22-23-21(25)18-9-5-2-6-10-18)15-26-19-13-11-17(12-14-19)16-7-3-1-4-8-16/h1-14H,15H2,(H,22,24)(H,23,25). The Kier molecular flexibility index (Phi) is 6.06. The van der Waals surface area contributed by atoms with E-state index in [9.17, 15) is 9.59 Å². The van der Waals surface area contributed by atoms with Gasteiger partial charge in [-0.2, -0.15) is 0 Å². The van der Waals surface area contributed by atoms with Crippen LogP contribution in [0.15, 0.2) is 89.8 Å². The van der Waals surface area contributed by atoms with Gasteiger partial charge in [-0.15, -0.1) is 11.8 Å². The molecule has 0 radical (unpaired) electrons. The summed E-state index contributed by atoms with van der Waals surface area (Å²) >= 11 is 1.42. The molecule has 3 rings (SSSR count). The van der Waals surface area contributed by atoms with Crippen LogP contribution < -0.4 is 10.9 Å². The van der Waals surface area contributed by atoms with Crippen molar-refractivity contribution < 1.29 is 9.59 Å². The lowest BCUT2D eigenvalue weighted by Gasteiger charge is -2.08. The Bertz CT molecular complexity index is 866. The van der Waals surface area contributed by atoms with Crippen molar-refractivity contribution in [2.45, 2.75) is 4.90 Å². The lowest BCUT2D eigenvalue weighted by molar-refractivity contribution is -0.119. The second-order valence-corrected chi connectivity index (χ2v) is 6.60. The van der Waals surface area contributed by atoms with E-state index in [-0.39, 0.29) is 17.6 Å². The van der Waals surface area contributed by atoms with Crippen molar-refractivity contribution in [1.82, 2.24) is 10.9 Å². The minimum Gasteiger partial charge on any atom is -0.272 e. The highest BCUT2D eigenvalue weighted by atomic mass is 32.2. The number of hydrazine groups is 1. The topological polar surface area (TPSA) is 58.2 Å². The number of carbonyl (C=O) groups excluding carboxylic acids is 2. The van der Waals surface area contributed by atoms with Crippen molar-refractivity contribution in [1.29, 1.82) is 0 Å². The van der Waals surface area contributed by atoms with E-state index in [1.807, 2.05) is 48.5 Å². The lowest BCUT2D eigenvalue weighted by Crippen LogP contribution is -2.42. The third-order valence-electron chi connectivity index (χ3n) is 3.68. The molecule has 0 spiro atoms. The fourth-order valence-electron chi connectivity index (χ4n) is 2.35. The van der Waals surface area contributed by atoms with E-state index in [0.717, 1.165) is 16.0 Å². The molecule has 130 valence electrons. The van der Waals surface area contributed by atoms with Gasteiger partial charge in [-0.3, -0.25) is 20.4 Å². The van der Waals surface area contributed by atoms with Crippen LogP contribution in [0.5, 0.6) is 0 Å². The van der Waals surface area contributed by atoms with Crippen LogP contribution in [0, 0.1) is 0 Å². The summed E-state index contributed by atoms with van der Waals surface area (Å²) in [7, 11) is 0. The SMILES string of the molecule is O=C(CSc1ccc(-c2ccccc2)cc1)NNC(=O)c1ccccc1. The summed E-state index contributed by atoms with van der Waals surface area (Å²) in [5, 5.41) is 0. The van der Waals surface area contributed by atoms with Crippen molar-refractivity contribution >= 4 is 23.6 Å². The highest BCUT2D eigenvalue weighted by molar-refractivity contribution is 8.00. The largest absolute Gasteiger partial charge is 0.272 e. The van der Waals surface area contributed by atoms with Crippen LogP contribution in [0.2, 0.25) is 0 Å². The molecule has 3 aromatic rings. The van der Waals surface area contributed by atoms with Gasteiger partial charge < -0.3 is 0 Å². The Morgan fingerprint density at radius 1 is 0.692 bits per heavy atom. The van der Waals surface area contributed by atoms with Crippen molar-refractivity contribution in [3.05, 3.63) is 90.5 Å². The highest BCUT2D eigenvalue weighted by Gasteiger charge is 2.07. The Morgan fingerprint density at radius 3 is 1.92 bits per heavy atom. The normalized spacial score (nSPS) is 10.2. The molecule has 2 N–H and O–H groups in total. The zero-order valence-electron chi connectivity index (χ0n) is 14.0. The van der Waals surface area contributed by atoms with Crippen LogP contribution in [0.25, 0.3) is 11.1 Å². The summed E-state index contributed by atoms with van der Waals surface area (Å²) in [6, 6.07) is 26.9. The van der Waals surface area contributed by atoms with Gasteiger partial charge in [0.25, 0.3) is 5.91 Å². The zero-order valence-corrected chi connectivity index (χ0v) is 14.8. The molecule has 4 nitrogen and oxygen atoms in total. The maximum atomic E-state index is 11.9. The lowest BCUT2D eigenvalue weighted by atomic mass is 10.1. The molecule has 0 aromatic heterocycles. The smallest absolute Gasteiger partial charge is 0.269 e. The van der Waals surface area contributed by atoms with E-state index in [2.05, 4.69) is 23.0 Å². The van der Waals surface area contributed by atoms with Crippen LogP contribution in [0.4, 0.5) is 0 Å². The third-order valence-corrected chi connectivity index (χ3v) is 4.69. The second-order valence-electron chi connectivity index (χ2n) is 5.55. The number of thioether (sulfide) groups is 1. The van der Waals surface area contributed by atoms with Crippen LogP contribution >= 0.6 is 11.8 Å². The van der Waals surface area contributed by atoms with Crippen molar-refractivity contribution in [3.8, 4) is 11.1 Å². The quantitative estimate of drug-likeness (QED) is 0.534. The number of hydrogen-bond donors (Lipinski definition) is 2. The Labute approximate surface area is 156 Å². The van der Waals surface area contributed by atoms with Crippen LogP contribution in [0.1, 0.15) is 10.4 Å². The third kappa shape index (κ3) is 4.97. The van der Waals surface area contributed by atoms with E-state index in [4.69, 9.17) is 0 Å². The fourth-order valence-corrected chi connectivity index (χ4v) is 3.05. The molecule has 0 atom stereocenters. The monoisotopic (exact) mass is 362 g/mol. The van der Waals surface area contributed by atoms with Gasteiger partial charge in [-0.05, 0) is 35.4 Å². The minimum atomic E-state index is -0.337. The summed E-state index contributed by atoms with van der Waals surface area (Å²) in [6.45, 7) is 0. The Hall–Kier alpha value is -3.05. The molecule has 0 heterocycles. The van der Waals surface area contributed by atoms with E-state index in [1.54, 1.807) is 24.3 Å². The molecule has 5 heteroatoms. The predicted molar refractivity (Wildman–Crippen MR) is 105 cm³/mol. The van der Waals surface area contributed by atoms with Gasteiger partial charge in [-0.1, -0.05) is 60.7 Å². The minimum absolute atomic E-state index is 0.222. The fraction of sp³-hybridized carbons (Fsp3) is 0.0476. The first-order valence-electron chi connectivity index (χ1n) is 8.15. The predicted octanol–water partition coefficient (Wildman–Crippen LogP) is 3.91. The first-order valence-corrected chi connectivity index (χ1v) is 9.13. The van der Waals surface area contributed by atoms with E-state index in [0.29, 0.717) is 5.56 Å². The molecule has 0 unspecified atom stereocenters. The molecule has 0 saturated heterocycles. The Morgan fingerprint density at radius 2 is 1.27 bits per heavy atom. The van der Waals surface area contributed by atoms with Crippen molar-refractivity contribution in [3.63, 3.8) is 0 Å². The average Bonchev–Trinajstić information content (AvgIpc) is 2.72. The van der Waals surface area contributed by atoms with Crippen LogP contribution in [0.3, 0.4) is 0 Å². The number of benzene rings is 3. The van der Waals surface area contributed by atoms with Gasteiger partial charge >= 0.3 is 0 Å². The summed E-state index contributed by atoms with van der Waals surface area (Å²) in [4.78, 5) is 24.8. The second kappa shape index (κ2) is 8.87. The maximum Gasteiger partial charge on any atom is 0.269 e. The number of nitrogens with one attached hydrogen (secondary N) is 2. The molecule has 0 bridgehead atoms. The number of amides is 2. The molecule has 0 aliphatic rings. The number of hydrogen-bond acceptors (Lipinski definition) is 3. The molecule has 0 fully saturated rings. The van der Waals surface area contributed by atoms with Crippen molar-refractivity contribution in [2.75, 3.05) is 5.75 Å². The summed E-state index contributed by atoms with van der Waals surface area (Å²) in [6.07, 6.45) is 0. The first kappa shape index (κ1) is 17.8. The zero-order chi connectivity index (χ0) is 18.2. The molecule has 3 aromatic carbocycles. The molecular formula is C21H18N2O2S. The van der Waals surface area contributed by atoms with Gasteiger partial charge in [0.05, 0.1) is 5.75 Å². The van der Waals surface area contributed by atoms with E-state index < -0.39 is 0 Å². The van der Waals surface area contributed by atoms with Gasteiger partial charge in [0.2, 0.25) is 5.91 Å². The van der Waals surface area contributed by atoms with Crippen LogP contribution in [-0.4, -0.2) is 17.6 Å². The highest BCUT2D eigenvalue weighted by Crippen LogP contribution is 2.23. The summed E-state index contributed by atoms with van der Waals surface area (Å²) < 4.78 is 0. The van der Waals surface area contributed by atoms with Crippen LogP contribution in [-0.2, 0) is 4.79 Å². The maximum absolute atomic E-state index is 11.9. The summed E-state index contributed by atoms with van der Waals surface area (Å²) in [5.41, 5.74) is 7.63. The molecule has 2 amide bonds. The molecule has 0 aliphatic heterocycles. The average molecular weight is 362 g/mol. The molecule has 0 aliphatic carbocycles. The number of carbonyl (C=O) groups is 2. The summed E-state index contributed by atoms with van der Waals surface area (Å²) in [5.74, 6) is -0.373. The van der Waals surface area contributed by atoms with E-state index >= 15 is 0 Å². The van der Waals surface area contributed by atoms with Gasteiger partial charge in [0.15, 0.2) is 0 Å². The molecular weight excluding hydrogens is 344 g/mol. The molecule has 26 heavy (non-hydrogen) atoms. The Balaban J connectivity index is 1.46. The van der Waals surface area contributed by atoms with E-state index in [1.165, 1.54) is 11.8 Å². The van der Waals surface area contributed by atoms with Gasteiger partial charge in [0.1, 0.15) is 0 Å². The van der Waals surface area contributed by atoms with Crippen molar-refractivity contribution in [2.24, 2.45) is 0 Å². The first-order chi connectivity index (χ1) is 12.7. The van der Waals surface area contributed by atoms with Gasteiger partial charge in [0, 0.05) is 10.5 Å². The number of rotatable bonds is 5.